The molecule has 0 bridgehead atoms. The molecule has 2 aromatic rings. The highest BCUT2D eigenvalue weighted by Gasteiger charge is 2.08. The summed E-state index contributed by atoms with van der Waals surface area (Å²) in [6.45, 7) is -0.586. The molecule has 1 heterocycles. The van der Waals surface area contributed by atoms with Crippen molar-refractivity contribution in [3.8, 4) is 0 Å². The Labute approximate surface area is 115 Å². The summed E-state index contributed by atoms with van der Waals surface area (Å²) in [4.78, 5) is 16.0. The Kier molecular flexibility index (Phi) is 5.12. The van der Waals surface area contributed by atoms with Gasteiger partial charge in [0.25, 0.3) is 6.43 Å². The monoisotopic (exact) mass is 279 g/mol. The predicted molar refractivity (Wildman–Crippen MR) is 71.9 cm³/mol. The van der Waals surface area contributed by atoms with Crippen LogP contribution in [-0.2, 0) is 16.0 Å². The molecule has 0 aliphatic heterocycles. The van der Waals surface area contributed by atoms with Gasteiger partial charge >= 0.3 is 0 Å². The number of Topliss-reactive ketones (excluding diaryl/α,β-unsaturated/α-hetero) is 1. The number of ketones is 1. The van der Waals surface area contributed by atoms with E-state index in [-0.39, 0.29) is 25.2 Å². The van der Waals surface area contributed by atoms with Crippen LogP contribution in [0.1, 0.15) is 12.0 Å². The number of hydrogen-bond donors (Lipinski definition) is 0. The normalized spacial score (nSPS) is 11.2. The van der Waals surface area contributed by atoms with Crippen LogP contribution in [0.15, 0.2) is 36.5 Å². The molecule has 5 heteroatoms. The lowest BCUT2D eigenvalue weighted by atomic mass is 10.0. The number of rotatable bonds is 7. The van der Waals surface area contributed by atoms with Crippen LogP contribution >= 0.6 is 0 Å². The van der Waals surface area contributed by atoms with Crippen LogP contribution in [0.3, 0.4) is 0 Å². The van der Waals surface area contributed by atoms with Crippen molar-refractivity contribution in [2.75, 3.05) is 13.2 Å². The second-order valence-corrected chi connectivity index (χ2v) is 4.42. The van der Waals surface area contributed by atoms with Gasteiger partial charge in [0.05, 0.1) is 12.1 Å². The molecular formula is C15H15F2NO2. The third-order valence-electron chi connectivity index (χ3n) is 2.90. The average Bonchev–Trinajstić information content (AvgIpc) is 2.44. The van der Waals surface area contributed by atoms with E-state index < -0.39 is 13.0 Å². The molecule has 0 atom stereocenters. The average molecular weight is 279 g/mol. The summed E-state index contributed by atoms with van der Waals surface area (Å²) in [5.41, 5.74) is 1.74. The fourth-order valence-corrected chi connectivity index (χ4v) is 1.97. The topological polar surface area (TPSA) is 39.2 Å². The number of hydrogen-bond acceptors (Lipinski definition) is 3. The third-order valence-corrected chi connectivity index (χ3v) is 2.90. The molecule has 0 fully saturated rings. The van der Waals surface area contributed by atoms with Gasteiger partial charge in [0.1, 0.15) is 12.4 Å². The van der Waals surface area contributed by atoms with Crippen LogP contribution in [-0.4, -0.2) is 30.4 Å². The number of nitrogens with zero attached hydrogens (tertiary/aromatic N) is 1. The van der Waals surface area contributed by atoms with E-state index in [4.69, 9.17) is 4.74 Å². The third kappa shape index (κ3) is 4.06. The summed E-state index contributed by atoms with van der Waals surface area (Å²) in [6.07, 6.45) is -0.419. The van der Waals surface area contributed by atoms with Crippen molar-refractivity contribution in [2.24, 2.45) is 0 Å². The number of benzene rings is 1. The summed E-state index contributed by atoms with van der Waals surface area (Å²) in [6, 6.07) is 9.39. The minimum atomic E-state index is -2.49. The minimum absolute atomic E-state index is 0.0318. The maximum atomic E-state index is 11.9. The summed E-state index contributed by atoms with van der Waals surface area (Å²) in [7, 11) is 0. The Morgan fingerprint density at radius 1 is 1.25 bits per heavy atom. The Balaban J connectivity index is 1.93. The van der Waals surface area contributed by atoms with Crippen molar-refractivity contribution >= 4 is 16.7 Å². The van der Waals surface area contributed by atoms with Gasteiger partial charge < -0.3 is 4.74 Å². The van der Waals surface area contributed by atoms with Crippen molar-refractivity contribution in [3.63, 3.8) is 0 Å². The van der Waals surface area contributed by atoms with Crippen LogP contribution in [0.4, 0.5) is 8.78 Å². The molecule has 20 heavy (non-hydrogen) atoms. The molecule has 0 unspecified atom stereocenters. The Morgan fingerprint density at radius 2 is 2.05 bits per heavy atom. The van der Waals surface area contributed by atoms with Crippen molar-refractivity contribution in [1.29, 1.82) is 0 Å². The van der Waals surface area contributed by atoms with Gasteiger partial charge in [-0.05, 0) is 17.7 Å². The highest BCUT2D eigenvalue weighted by molar-refractivity contribution is 5.88. The minimum Gasteiger partial charge on any atom is -0.375 e. The fraction of sp³-hybridized carbons (Fsp3) is 0.333. The standard InChI is InChI=1S/C15H15F2NO2/c16-15(17)10-20-8-6-12(19)9-11-5-7-18-14-4-2-1-3-13(11)14/h1-5,7,15H,6,8-10H2. The summed E-state index contributed by atoms with van der Waals surface area (Å²) < 4.78 is 28.4. The van der Waals surface area contributed by atoms with Crippen molar-refractivity contribution < 1.29 is 18.3 Å². The first kappa shape index (κ1) is 14.5. The zero-order chi connectivity index (χ0) is 14.4. The molecule has 0 aliphatic carbocycles. The van der Waals surface area contributed by atoms with Gasteiger partial charge in [0.2, 0.25) is 0 Å². The predicted octanol–water partition coefficient (Wildman–Crippen LogP) is 3.02. The molecule has 106 valence electrons. The molecule has 2 rings (SSSR count). The number of aromatic nitrogens is 1. The molecule has 0 spiro atoms. The molecule has 0 amide bonds. The number of alkyl halides is 2. The highest BCUT2D eigenvalue weighted by atomic mass is 19.3. The van der Waals surface area contributed by atoms with E-state index >= 15 is 0 Å². The van der Waals surface area contributed by atoms with E-state index in [0.29, 0.717) is 0 Å². The number of para-hydroxylation sites is 1. The maximum absolute atomic E-state index is 11.9. The van der Waals surface area contributed by atoms with E-state index in [2.05, 4.69) is 4.98 Å². The number of fused-ring (bicyclic) bond motifs is 1. The van der Waals surface area contributed by atoms with Crippen LogP contribution in [0, 0.1) is 0 Å². The number of pyridine rings is 1. The smallest absolute Gasteiger partial charge is 0.261 e. The van der Waals surface area contributed by atoms with Gasteiger partial charge in [-0.25, -0.2) is 8.78 Å². The van der Waals surface area contributed by atoms with Crippen LogP contribution < -0.4 is 0 Å². The first-order chi connectivity index (χ1) is 9.66. The molecule has 1 aromatic heterocycles. The molecule has 0 aliphatic rings. The summed E-state index contributed by atoms with van der Waals surface area (Å²) in [5.74, 6) is -0.0318. The van der Waals surface area contributed by atoms with Crippen molar-refractivity contribution in [1.82, 2.24) is 4.98 Å². The Bertz CT molecular complexity index is 582. The molecule has 0 radical (unpaired) electrons. The number of ether oxygens (including phenoxy) is 1. The molecule has 0 saturated heterocycles. The second kappa shape index (κ2) is 7.05. The first-order valence-electron chi connectivity index (χ1n) is 6.37. The quantitative estimate of drug-likeness (QED) is 0.731. The number of halogens is 2. The number of carbonyl (C=O) groups excluding carboxylic acids is 1. The molecule has 0 N–H and O–H groups in total. The molecule has 3 nitrogen and oxygen atoms in total. The van der Waals surface area contributed by atoms with Gasteiger partial charge in [-0.1, -0.05) is 18.2 Å². The van der Waals surface area contributed by atoms with Crippen molar-refractivity contribution in [2.45, 2.75) is 19.3 Å². The van der Waals surface area contributed by atoms with E-state index in [1.807, 2.05) is 24.3 Å². The maximum Gasteiger partial charge on any atom is 0.261 e. The van der Waals surface area contributed by atoms with Gasteiger partial charge in [0.15, 0.2) is 0 Å². The lowest BCUT2D eigenvalue weighted by Crippen LogP contribution is -2.11. The van der Waals surface area contributed by atoms with Gasteiger partial charge in [-0.3, -0.25) is 9.78 Å². The van der Waals surface area contributed by atoms with E-state index in [9.17, 15) is 13.6 Å². The summed E-state index contributed by atoms with van der Waals surface area (Å²) >= 11 is 0. The van der Waals surface area contributed by atoms with Gasteiger partial charge in [-0.2, -0.15) is 0 Å². The Morgan fingerprint density at radius 3 is 2.85 bits per heavy atom. The molecular weight excluding hydrogens is 264 g/mol. The van der Waals surface area contributed by atoms with Gasteiger partial charge in [0, 0.05) is 24.4 Å². The van der Waals surface area contributed by atoms with Gasteiger partial charge in [-0.15, -0.1) is 0 Å². The highest BCUT2D eigenvalue weighted by Crippen LogP contribution is 2.17. The van der Waals surface area contributed by atoms with Crippen LogP contribution in [0.5, 0.6) is 0 Å². The molecule has 0 saturated carbocycles. The lowest BCUT2D eigenvalue weighted by Gasteiger charge is -2.06. The van der Waals surface area contributed by atoms with Crippen LogP contribution in [0.2, 0.25) is 0 Å². The zero-order valence-corrected chi connectivity index (χ0v) is 10.9. The van der Waals surface area contributed by atoms with Crippen molar-refractivity contribution in [3.05, 3.63) is 42.1 Å². The Hall–Kier alpha value is -1.88. The second-order valence-electron chi connectivity index (χ2n) is 4.42. The van der Waals surface area contributed by atoms with E-state index in [1.165, 1.54) is 0 Å². The largest absolute Gasteiger partial charge is 0.375 e. The zero-order valence-electron chi connectivity index (χ0n) is 10.9. The number of carbonyl (C=O) groups is 1. The van der Waals surface area contributed by atoms with E-state index in [1.54, 1.807) is 12.3 Å². The summed E-state index contributed by atoms with van der Waals surface area (Å²) in [5, 5.41) is 0.942. The SMILES string of the molecule is O=C(CCOCC(F)F)Cc1ccnc2ccccc12. The fourth-order valence-electron chi connectivity index (χ4n) is 1.97. The lowest BCUT2D eigenvalue weighted by molar-refractivity contribution is -0.119. The molecule has 1 aromatic carbocycles. The van der Waals surface area contributed by atoms with Crippen LogP contribution in [0.25, 0.3) is 10.9 Å². The van der Waals surface area contributed by atoms with E-state index in [0.717, 1.165) is 16.5 Å². The first-order valence-corrected chi connectivity index (χ1v) is 6.37.